The molecule has 1 unspecified atom stereocenters. The van der Waals surface area contributed by atoms with Gasteiger partial charge < -0.3 is 4.52 Å². The third-order valence-electron chi connectivity index (χ3n) is 0.798. The van der Waals surface area contributed by atoms with Gasteiger partial charge in [0, 0.05) is 7.11 Å². The lowest BCUT2D eigenvalue weighted by Gasteiger charge is -2.17. The Bertz CT molecular complexity index is 164. The van der Waals surface area contributed by atoms with Crippen molar-refractivity contribution in [1.29, 1.82) is 0 Å². The highest BCUT2D eigenvalue weighted by Gasteiger charge is 2.62. The van der Waals surface area contributed by atoms with Crippen LogP contribution in [0, 0.1) is 0 Å². The van der Waals surface area contributed by atoms with E-state index in [2.05, 4.69) is 4.52 Å². The lowest BCUT2D eigenvalue weighted by Crippen LogP contribution is -2.32. The van der Waals surface area contributed by atoms with Crippen molar-refractivity contribution in [2.75, 3.05) is 7.11 Å². The van der Waals surface area contributed by atoms with Gasteiger partial charge >= 0.3 is 11.8 Å². The summed E-state index contributed by atoms with van der Waals surface area (Å²) in [5.74, 6) is 0. The Labute approximate surface area is 59.2 Å². The van der Waals surface area contributed by atoms with Crippen molar-refractivity contribution in [2.24, 2.45) is 0 Å². The van der Waals surface area contributed by atoms with Crippen LogP contribution in [0.25, 0.3) is 0 Å². The third-order valence-corrected chi connectivity index (χ3v) is 1.96. The molecule has 0 rings (SSSR count). The van der Waals surface area contributed by atoms with Crippen LogP contribution in [0.3, 0.4) is 0 Å². The molecule has 11 heavy (non-hydrogen) atoms. The maximum Gasteiger partial charge on any atom is 0.463 e. The number of alkyl halides is 5. The van der Waals surface area contributed by atoms with Gasteiger partial charge in [-0.2, -0.15) is 22.0 Å². The minimum Gasteiger partial charge on any atom is -0.330 e. The molecule has 0 aromatic heterocycles. The molecule has 0 saturated carbocycles. The fourth-order valence-corrected chi connectivity index (χ4v) is 0.732. The normalized spacial score (nSPS) is 16.5. The summed E-state index contributed by atoms with van der Waals surface area (Å²) in [6, 6.07) is 0. The second kappa shape index (κ2) is 3.06. The van der Waals surface area contributed by atoms with Crippen LogP contribution >= 0.6 is 8.03 Å². The van der Waals surface area contributed by atoms with Crippen molar-refractivity contribution in [3.63, 3.8) is 0 Å². The molecular formula is C3H4F5O2P. The molecule has 0 radical (unpaired) electrons. The largest absolute Gasteiger partial charge is 0.463 e. The van der Waals surface area contributed by atoms with Crippen LogP contribution in [-0.4, -0.2) is 18.9 Å². The van der Waals surface area contributed by atoms with Gasteiger partial charge in [-0.05, 0) is 0 Å². The Morgan fingerprint density at radius 3 is 1.64 bits per heavy atom. The third kappa shape index (κ3) is 2.13. The minimum absolute atomic E-state index is 0.529. The Balaban J connectivity index is 4.59. The summed E-state index contributed by atoms with van der Waals surface area (Å²) in [7, 11) is -3.84. The topological polar surface area (TPSA) is 26.3 Å². The van der Waals surface area contributed by atoms with Gasteiger partial charge in [0.25, 0.3) is 8.03 Å². The smallest absolute Gasteiger partial charge is 0.330 e. The molecule has 8 heteroatoms. The second-order valence-electron chi connectivity index (χ2n) is 1.56. The molecule has 0 aromatic carbocycles. The van der Waals surface area contributed by atoms with Gasteiger partial charge in [0.05, 0.1) is 0 Å². The fraction of sp³-hybridized carbons (Fsp3) is 1.00. The van der Waals surface area contributed by atoms with Crippen LogP contribution < -0.4 is 0 Å². The molecule has 0 aliphatic heterocycles. The first-order valence-corrected chi connectivity index (χ1v) is 3.58. The van der Waals surface area contributed by atoms with Gasteiger partial charge in [-0.3, -0.25) is 4.57 Å². The molecule has 1 atom stereocenters. The maximum absolute atomic E-state index is 11.8. The molecule has 0 N–H and O–H groups in total. The van der Waals surface area contributed by atoms with Crippen molar-refractivity contribution in [1.82, 2.24) is 0 Å². The highest BCUT2D eigenvalue weighted by Crippen LogP contribution is 2.52. The quantitative estimate of drug-likeness (QED) is 0.502. The zero-order chi connectivity index (χ0) is 9.28. The Kier molecular flexibility index (Phi) is 3.02. The second-order valence-corrected chi connectivity index (χ2v) is 3.17. The van der Waals surface area contributed by atoms with Crippen molar-refractivity contribution < 1.29 is 31.0 Å². The van der Waals surface area contributed by atoms with E-state index in [9.17, 15) is 26.5 Å². The van der Waals surface area contributed by atoms with Crippen LogP contribution in [-0.2, 0) is 9.09 Å². The maximum atomic E-state index is 11.8. The van der Waals surface area contributed by atoms with E-state index in [0.717, 1.165) is 0 Å². The summed E-state index contributed by atoms with van der Waals surface area (Å²) >= 11 is 0. The SMILES string of the molecule is CO[PH](=O)C(F)(F)C(F)(F)F. The first-order valence-electron chi connectivity index (χ1n) is 2.26. The molecule has 0 amide bonds. The van der Waals surface area contributed by atoms with Crippen LogP contribution in [0.15, 0.2) is 0 Å². The molecular weight excluding hydrogens is 194 g/mol. The zero-order valence-electron chi connectivity index (χ0n) is 5.21. The van der Waals surface area contributed by atoms with Gasteiger partial charge in [-0.25, -0.2) is 0 Å². The Hall–Kier alpha value is -0.160. The Morgan fingerprint density at radius 2 is 1.55 bits per heavy atom. The molecule has 0 heterocycles. The molecule has 0 saturated heterocycles. The summed E-state index contributed by atoms with van der Waals surface area (Å²) in [5, 5.41) is 0. The van der Waals surface area contributed by atoms with E-state index in [0.29, 0.717) is 7.11 Å². The molecule has 0 aliphatic rings. The zero-order valence-corrected chi connectivity index (χ0v) is 6.21. The van der Waals surface area contributed by atoms with Gasteiger partial charge in [0.1, 0.15) is 0 Å². The molecule has 0 spiro atoms. The summed E-state index contributed by atoms with van der Waals surface area (Å²) in [6.07, 6.45) is -5.81. The van der Waals surface area contributed by atoms with E-state index in [1.54, 1.807) is 0 Å². The van der Waals surface area contributed by atoms with Gasteiger partial charge in [0.15, 0.2) is 0 Å². The van der Waals surface area contributed by atoms with Crippen LogP contribution in [0.4, 0.5) is 22.0 Å². The lowest BCUT2D eigenvalue weighted by molar-refractivity contribution is -0.243. The molecule has 2 nitrogen and oxygen atoms in total. The van der Waals surface area contributed by atoms with E-state index < -0.39 is 19.9 Å². The van der Waals surface area contributed by atoms with Crippen molar-refractivity contribution in [3.05, 3.63) is 0 Å². The summed E-state index contributed by atoms with van der Waals surface area (Å²) in [4.78, 5) is 0. The molecule has 0 fully saturated rings. The van der Waals surface area contributed by atoms with Gasteiger partial charge in [-0.1, -0.05) is 0 Å². The number of hydrogen-bond donors (Lipinski definition) is 0. The molecule has 0 aliphatic carbocycles. The van der Waals surface area contributed by atoms with Crippen LogP contribution in [0.2, 0.25) is 0 Å². The summed E-state index contributed by atoms with van der Waals surface area (Å²) < 4.78 is 70.8. The predicted molar refractivity (Wildman–Crippen MR) is 27.0 cm³/mol. The molecule has 0 aromatic rings. The van der Waals surface area contributed by atoms with E-state index >= 15 is 0 Å². The summed E-state index contributed by atoms with van der Waals surface area (Å²) in [6.45, 7) is 0. The van der Waals surface area contributed by atoms with Crippen molar-refractivity contribution in [2.45, 2.75) is 11.8 Å². The minimum atomic E-state index is -5.81. The van der Waals surface area contributed by atoms with E-state index in [1.807, 2.05) is 0 Å². The average molecular weight is 198 g/mol. The van der Waals surface area contributed by atoms with Gasteiger partial charge in [0.2, 0.25) is 0 Å². The number of hydrogen-bond acceptors (Lipinski definition) is 2. The molecule has 68 valence electrons. The Morgan fingerprint density at radius 1 is 1.18 bits per heavy atom. The van der Waals surface area contributed by atoms with Gasteiger partial charge in [-0.15, -0.1) is 0 Å². The average Bonchev–Trinajstić information content (AvgIpc) is 1.83. The molecule has 0 bridgehead atoms. The standard InChI is InChI=1S/C3H4F5O2P/c1-10-11(9)3(7,8)2(4,5)6/h11H,1H3. The highest BCUT2D eigenvalue weighted by molar-refractivity contribution is 7.40. The first-order chi connectivity index (χ1) is 4.73. The first kappa shape index (κ1) is 10.8. The number of rotatable bonds is 2. The predicted octanol–water partition coefficient (Wildman–Crippen LogP) is 2.26. The highest BCUT2D eigenvalue weighted by atomic mass is 31.1. The van der Waals surface area contributed by atoms with E-state index in [1.165, 1.54) is 0 Å². The van der Waals surface area contributed by atoms with Crippen LogP contribution in [0.5, 0.6) is 0 Å². The fourth-order valence-electron chi connectivity index (χ4n) is 0.244. The van der Waals surface area contributed by atoms with E-state index in [-0.39, 0.29) is 0 Å². The lowest BCUT2D eigenvalue weighted by atomic mass is 10.7. The number of halogens is 5. The van der Waals surface area contributed by atoms with E-state index in [4.69, 9.17) is 0 Å². The summed E-state index contributed by atoms with van der Waals surface area (Å²) in [5.41, 5.74) is -5.23. The van der Waals surface area contributed by atoms with Crippen LogP contribution in [0.1, 0.15) is 0 Å². The van der Waals surface area contributed by atoms with Crippen molar-refractivity contribution >= 4 is 8.03 Å². The van der Waals surface area contributed by atoms with Crippen molar-refractivity contribution in [3.8, 4) is 0 Å². The monoisotopic (exact) mass is 198 g/mol.